The third-order valence-electron chi connectivity index (χ3n) is 5.44. The lowest BCUT2D eigenvalue weighted by Crippen LogP contribution is -1.97. The minimum absolute atomic E-state index is 0.844. The molecule has 0 fully saturated rings. The van der Waals surface area contributed by atoms with E-state index in [0.29, 0.717) is 0 Å². The normalized spacial score (nSPS) is 13.4. The number of aromatic amines is 2. The summed E-state index contributed by atoms with van der Waals surface area (Å²) in [7, 11) is 0. The van der Waals surface area contributed by atoms with Gasteiger partial charge in [0.2, 0.25) is 0 Å². The van der Waals surface area contributed by atoms with E-state index in [-0.39, 0.29) is 0 Å². The Hall–Kier alpha value is -2.69. The van der Waals surface area contributed by atoms with E-state index >= 15 is 0 Å². The first-order valence-electron chi connectivity index (χ1n) is 10.5. The summed E-state index contributed by atoms with van der Waals surface area (Å²) in [5.41, 5.74) is 1.92. The fourth-order valence-corrected chi connectivity index (χ4v) is 9.20. The third-order valence-corrected chi connectivity index (χ3v) is 11.1. The van der Waals surface area contributed by atoms with Crippen LogP contribution in [0.5, 0.6) is 0 Å². The topological polar surface area (TPSA) is 120 Å². The minimum Gasteiger partial charge on any atom is -0.335 e. The first-order valence-corrected chi connectivity index (χ1v) is 15.4. The Morgan fingerprint density at radius 2 is 1.19 bits per heavy atom. The first kappa shape index (κ1) is 21.4. The highest BCUT2D eigenvalue weighted by atomic mass is 32.2. The number of H-pyrrole nitrogens is 2. The standard InChI is InChI=1S/C21H11N9S6/c1-10-16(27-18-12(33-10)5-31-29-18)25-14(1)35-20-8-3-22-4-9(8)21(24-7-23-20)36-15-2-11-17(26-15)28-19-13(34-11)6-32-30-19/h1-7,25-26H,(H,27,29)(H,28,30). The summed E-state index contributed by atoms with van der Waals surface area (Å²) in [6, 6.07) is 4.28. The molecule has 0 saturated heterocycles. The Labute approximate surface area is 228 Å². The van der Waals surface area contributed by atoms with Crippen molar-refractivity contribution in [3.63, 3.8) is 0 Å². The molecule has 4 aromatic rings. The Bertz CT molecular complexity index is 1530. The highest BCUT2D eigenvalue weighted by molar-refractivity contribution is 8.01. The summed E-state index contributed by atoms with van der Waals surface area (Å²) >= 11 is 9.48. The van der Waals surface area contributed by atoms with Crippen LogP contribution in [0.1, 0.15) is 0 Å². The molecule has 0 amide bonds. The van der Waals surface area contributed by atoms with Crippen LogP contribution in [0.4, 0.5) is 23.3 Å². The van der Waals surface area contributed by atoms with Crippen LogP contribution in [0.15, 0.2) is 81.3 Å². The van der Waals surface area contributed by atoms with Gasteiger partial charge in [0.15, 0.2) is 11.6 Å². The maximum atomic E-state index is 4.67. The Kier molecular flexibility index (Phi) is 5.01. The zero-order chi connectivity index (χ0) is 23.6. The Balaban J connectivity index is 1.06. The molecule has 0 atom stereocenters. The molecular weight excluding hydrogens is 571 g/mol. The van der Waals surface area contributed by atoms with E-state index in [1.165, 1.54) is 23.1 Å². The molecule has 0 aromatic carbocycles. The highest BCUT2D eigenvalue weighted by Crippen LogP contribution is 2.49. The molecule has 0 aliphatic carbocycles. The SMILES string of the molecule is c1nc(Sc2cc3c([nH]2)Nc2nscc2S3)c2cncc-2c(Sc2cc3c([nH]2)Nc2nscc2S3)n1. The summed E-state index contributed by atoms with van der Waals surface area (Å²) in [4.78, 5) is 25.3. The van der Waals surface area contributed by atoms with Gasteiger partial charge in [0.05, 0.1) is 29.6 Å². The van der Waals surface area contributed by atoms with E-state index < -0.39 is 0 Å². The average Bonchev–Trinajstić information content (AvgIpc) is 3.68. The van der Waals surface area contributed by atoms with Crippen molar-refractivity contribution < 1.29 is 0 Å². The fraction of sp³-hybridized carbons (Fsp3) is 0. The predicted molar refractivity (Wildman–Crippen MR) is 145 cm³/mol. The fourth-order valence-electron chi connectivity index (χ4n) is 3.83. The third kappa shape index (κ3) is 3.61. The molecule has 8 heterocycles. The van der Waals surface area contributed by atoms with Gasteiger partial charge in [0.1, 0.15) is 28.0 Å². The van der Waals surface area contributed by atoms with E-state index in [0.717, 1.165) is 74.1 Å². The molecule has 0 bridgehead atoms. The van der Waals surface area contributed by atoms with Crippen molar-refractivity contribution in [2.24, 2.45) is 0 Å². The molecule has 9 nitrogen and oxygen atoms in total. The summed E-state index contributed by atoms with van der Waals surface area (Å²) in [5.74, 6) is 3.72. The van der Waals surface area contributed by atoms with Gasteiger partial charge in [-0.3, -0.25) is 4.98 Å². The van der Waals surface area contributed by atoms with Crippen LogP contribution in [-0.4, -0.2) is 33.7 Å². The van der Waals surface area contributed by atoms with Crippen LogP contribution in [0.25, 0.3) is 11.1 Å². The van der Waals surface area contributed by atoms with Crippen LogP contribution in [0.3, 0.4) is 0 Å². The van der Waals surface area contributed by atoms with Gasteiger partial charge in [-0.15, -0.1) is 0 Å². The molecule has 0 saturated carbocycles. The molecule has 0 radical (unpaired) electrons. The van der Waals surface area contributed by atoms with Crippen LogP contribution >= 0.6 is 70.1 Å². The smallest absolute Gasteiger partial charge is 0.159 e. The lowest BCUT2D eigenvalue weighted by Gasteiger charge is -2.11. The van der Waals surface area contributed by atoms with Gasteiger partial charge in [-0.25, -0.2) is 9.97 Å². The van der Waals surface area contributed by atoms with Crippen molar-refractivity contribution in [1.29, 1.82) is 0 Å². The Morgan fingerprint density at radius 3 is 1.72 bits per heavy atom. The summed E-state index contributed by atoms with van der Waals surface area (Å²) in [6.07, 6.45) is 5.33. The maximum Gasteiger partial charge on any atom is 0.159 e. The predicted octanol–water partition coefficient (Wildman–Crippen LogP) is 7.26. The number of nitrogens with one attached hydrogen (secondary N) is 4. The lowest BCUT2D eigenvalue weighted by atomic mass is 10.2. The lowest BCUT2D eigenvalue weighted by molar-refractivity contribution is 1.06. The van der Waals surface area contributed by atoms with Gasteiger partial charge in [-0.2, -0.15) is 8.75 Å². The van der Waals surface area contributed by atoms with Crippen molar-refractivity contribution >= 4 is 93.4 Å². The maximum absolute atomic E-state index is 4.67. The first-order chi connectivity index (χ1) is 17.8. The monoisotopic (exact) mass is 581 g/mol. The molecular formula is C21H11N9S6. The summed E-state index contributed by atoms with van der Waals surface area (Å²) in [6.45, 7) is 0. The van der Waals surface area contributed by atoms with Gasteiger partial charge < -0.3 is 20.6 Å². The number of hydrogen-bond acceptors (Lipinski definition) is 13. The second-order valence-electron chi connectivity index (χ2n) is 7.68. The van der Waals surface area contributed by atoms with Crippen molar-refractivity contribution in [2.45, 2.75) is 39.7 Å². The number of rotatable bonds is 4. The van der Waals surface area contributed by atoms with Gasteiger partial charge in [0, 0.05) is 34.3 Å². The molecule has 8 rings (SSSR count). The van der Waals surface area contributed by atoms with Gasteiger partial charge in [-0.05, 0) is 35.2 Å². The molecule has 4 aromatic heterocycles. The molecule has 4 aliphatic rings. The zero-order valence-corrected chi connectivity index (χ0v) is 22.6. The van der Waals surface area contributed by atoms with Crippen molar-refractivity contribution in [1.82, 2.24) is 33.7 Å². The van der Waals surface area contributed by atoms with E-state index in [1.807, 2.05) is 12.4 Å². The summed E-state index contributed by atoms with van der Waals surface area (Å²) in [5, 5.41) is 14.5. The highest BCUT2D eigenvalue weighted by Gasteiger charge is 2.24. The number of nitrogens with zero attached hydrogens (tertiary/aromatic N) is 5. The molecule has 0 unspecified atom stereocenters. The van der Waals surface area contributed by atoms with E-state index in [2.05, 4.69) is 67.2 Å². The largest absolute Gasteiger partial charge is 0.335 e. The van der Waals surface area contributed by atoms with Crippen molar-refractivity contribution in [3.05, 3.63) is 41.6 Å². The van der Waals surface area contributed by atoms with Crippen LogP contribution in [0.2, 0.25) is 0 Å². The molecule has 36 heavy (non-hydrogen) atoms. The second kappa shape index (κ2) is 8.43. The minimum atomic E-state index is 0.844. The molecule has 176 valence electrons. The number of fused-ring (bicyclic) bond motifs is 5. The average molecular weight is 582 g/mol. The molecule has 4 aliphatic heterocycles. The molecule has 15 heteroatoms. The number of anilines is 4. The van der Waals surface area contributed by atoms with E-state index in [4.69, 9.17) is 0 Å². The zero-order valence-electron chi connectivity index (χ0n) is 17.7. The van der Waals surface area contributed by atoms with Gasteiger partial charge >= 0.3 is 0 Å². The Morgan fingerprint density at radius 1 is 0.667 bits per heavy atom. The van der Waals surface area contributed by atoms with Crippen LogP contribution in [-0.2, 0) is 0 Å². The molecule has 4 N–H and O–H groups in total. The van der Waals surface area contributed by atoms with Crippen LogP contribution < -0.4 is 10.6 Å². The van der Waals surface area contributed by atoms with Gasteiger partial charge in [-0.1, -0.05) is 47.0 Å². The van der Waals surface area contributed by atoms with Gasteiger partial charge in [0.25, 0.3) is 0 Å². The summed E-state index contributed by atoms with van der Waals surface area (Å²) < 4.78 is 8.81. The second-order valence-corrected chi connectivity index (χ2v) is 13.2. The quantitative estimate of drug-likeness (QED) is 0.168. The van der Waals surface area contributed by atoms with E-state index in [9.17, 15) is 0 Å². The number of hydrogen-bond donors (Lipinski definition) is 4. The van der Waals surface area contributed by atoms with Crippen LogP contribution in [0, 0.1) is 0 Å². The molecule has 0 spiro atoms. The van der Waals surface area contributed by atoms with E-state index in [1.54, 1.807) is 53.4 Å². The number of aromatic nitrogens is 7. The van der Waals surface area contributed by atoms with Crippen molar-refractivity contribution in [2.75, 3.05) is 10.6 Å². The van der Waals surface area contributed by atoms with Crippen molar-refractivity contribution in [3.8, 4) is 11.1 Å².